The second kappa shape index (κ2) is 10.9. The fraction of sp³-hybridized carbons (Fsp3) is 0.214. The van der Waals surface area contributed by atoms with E-state index >= 15 is 0 Å². The highest BCUT2D eigenvalue weighted by Crippen LogP contribution is 2.34. The van der Waals surface area contributed by atoms with Crippen molar-refractivity contribution >= 4 is 34.3 Å². The zero-order valence-electron chi connectivity index (χ0n) is 21.0. The summed E-state index contributed by atoms with van der Waals surface area (Å²) in [5.41, 5.74) is 2.14. The van der Waals surface area contributed by atoms with Gasteiger partial charge in [0, 0.05) is 29.3 Å². The molecule has 4 rings (SSSR count). The monoisotopic (exact) mass is 561 g/mol. The fourth-order valence-electron chi connectivity index (χ4n) is 4.19. The van der Waals surface area contributed by atoms with Crippen molar-refractivity contribution in [3.8, 4) is 17.2 Å². The molecule has 1 N–H and O–H groups in total. The van der Waals surface area contributed by atoms with E-state index in [-0.39, 0.29) is 23.1 Å². The van der Waals surface area contributed by atoms with Crippen molar-refractivity contribution in [2.45, 2.75) is 32.9 Å². The normalized spacial score (nSPS) is 12.3. The van der Waals surface area contributed by atoms with Crippen LogP contribution in [0, 0.1) is 6.92 Å². The summed E-state index contributed by atoms with van der Waals surface area (Å²) in [5, 5.41) is 9.80. The van der Waals surface area contributed by atoms with E-state index in [1.54, 1.807) is 47.9 Å². The fourth-order valence-corrected chi connectivity index (χ4v) is 4.35. The van der Waals surface area contributed by atoms with Gasteiger partial charge in [0.05, 0.1) is 23.2 Å². The van der Waals surface area contributed by atoms with E-state index in [9.17, 15) is 27.9 Å². The highest BCUT2D eigenvalue weighted by atomic mass is 35.5. The van der Waals surface area contributed by atoms with Crippen LogP contribution in [0.1, 0.15) is 34.1 Å². The van der Waals surface area contributed by atoms with Gasteiger partial charge in [-0.15, -0.1) is 13.2 Å². The van der Waals surface area contributed by atoms with E-state index in [4.69, 9.17) is 21.1 Å². The Kier molecular flexibility index (Phi) is 7.78. The number of ketones is 1. The van der Waals surface area contributed by atoms with Crippen molar-refractivity contribution in [2.75, 3.05) is 7.11 Å². The largest absolute Gasteiger partial charge is 0.573 e. The van der Waals surface area contributed by atoms with E-state index in [2.05, 4.69) is 4.74 Å². The molecule has 7 nitrogen and oxygen atoms in total. The standard InChI is InChI=1S/C28H23ClF3NO6/c1-15-25(26(34)18-5-7-19(37-3)8-6-18)21-10-9-20(39-28(30,31)32)13-23(21)33(15)14-17-4-11-22(29)24(12-17)38-16(2)27(35)36/h4-13,16H,14H2,1-3H3,(H,35,36). The Hall–Kier alpha value is -4.18. The van der Waals surface area contributed by atoms with Gasteiger partial charge in [0.25, 0.3) is 0 Å². The summed E-state index contributed by atoms with van der Waals surface area (Å²) in [4.78, 5) is 24.8. The Labute approximate surface area is 226 Å². The maximum absolute atomic E-state index is 13.6. The van der Waals surface area contributed by atoms with E-state index < -0.39 is 24.2 Å². The third-order valence-electron chi connectivity index (χ3n) is 6.10. The van der Waals surface area contributed by atoms with Gasteiger partial charge in [-0.1, -0.05) is 17.7 Å². The van der Waals surface area contributed by atoms with Gasteiger partial charge in [-0.05, 0) is 67.9 Å². The first-order chi connectivity index (χ1) is 18.4. The topological polar surface area (TPSA) is 87.0 Å². The molecule has 1 atom stereocenters. The SMILES string of the molecule is COc1ccc(C(=O)c2c(C)n(Cc3ccc(Cl)c(OC(C)C(=O)O)c3)c3cc(OC(F)(F)F)ccc23)cc1. The predicted molar refractivity (Wildman–Crippen MR) is 138 cm³/mol. The molecular formula is C28H23ClF3NO6. The Morgan fingerprint density at radius 1 is 1.03 bits per heavy atom. The number of ether oxygens (including phenoxy) is 3. The molecule has 0 saturated heterocycles. The minimum atomic E-state index is -4.90. The van der Waals surface area contributed by atoms with Crippen LogP contribution in [0.5, 0.6) is 17.2 Å². The van der Waals surface area contributed by atoms with Crippen LogP contribution in [-0.2, 0) is 11.3 Å². The average molecular weight is 562 g/mol. The molecule has 4 aromatic rings. The molecular weight excluding hydrogens is 539 g/mol. The van der Waals surface area contributed by atoms with Gasteiger partial charge in [-0.2, -0.15) is 0 Å². The van der Waals surface area contributed by atoms with Gasteiger partial charge >= 0.3 is 12.3 Å². The molecule has 1 aromatic heterocycles. The van der Waals surface area contributed by atoms with E-state index in [1.165, 1.54) is 32.2 Å². The number of carboxylic acid groups (broad SMARTS) is 1. The van der Waals surface area contributed by atoms with Crippen LogP contribution in [0.2, 0.25) is 5.02 Å². The van der Waals surface area contributed by atoms with Crippen molar-refractivity contribution in [3.05, 3.63) is 88.1 Å². The number of aliphatic carboxylic acids is 1. The van der Waals surface area contributed by atoms with Crippen molar-refractivity contribution in [2.24, 2.45) is 0 Å². The van der Waals surface area contributed by atoms with Gasteiger partial charge in [0.15, 0.2) is 11.9 Å². The number of hydrogen-bond acceptors (Lipinski definition) is 5. The van der Waals surface area contributed by atoms with Gasteiger partial charge in [0.1, 0.15) is 17.2 Å². The first-order valence-electron chi connectivity index (χ1n) is 11.6. The van der Waals surface area contributed by atoms with Gasteiger partial charge in [0.2, 0.25) is 0 Å². The van der Waals surface area contributed by atoms with Gasteiger partial charge in [-0.3, -0.25) is 4.79 Å². The number of carboxylic acids is 1. The Bertz CT molecular complexity index is 1550. The average Bonchev–Trinajstić information content (AvgIpc) is 3.14. The quantitative estimate of drug-likeness (QED) is 0.230. The maximum Gasteiger partial charge on any atom is 0.573 e. The number of rotatable bonds is 9. The molecule has 0 spiro atoms. The molecule has 0 radical (unpaired) electrons. The lowest BCUT2D eigenvalue weighted by molar-refractivity contribution is -0.274. The lowest BCUT2D eigenvalue weighted by Crippen LogP contribution is -2.23. The van der Waals surface area contributed by atoms with E-state index in [0.29, 0.717) is 39.0 Å². The molecule has 204 valence electrons. The second-order valence-electron chi connectivity index (χ2n) is 8.69. The molecule has 0 saturated carbocycles. The van der Waals surface area contributed by atoms with Crippen molar-refractivity contribution in [1.82, 2.24) is 4.57 Å². The molecule has 1 heterocycles. The summed E-state index contributed by atoms with van der Waals surface area (Å²) in [5.74, 6) is -1.24. The summed E-state index contributed by atoms with van der Waals surface area (Å²) in [6.07, 6.45) is -6.06. The zero-order chi connectivity index (χ0) is 28.5. The number of benzene rings is 3. The maximum atomic E-state index is 13.6. The number of aromatic nitrogens is 1. The Morgan fingerprint density at radius 3 is 2.31 bits per heavy atom. The molecule has 0 aliphatic carbocycles. The molecule has 39 heavy (non-hydrogen) atoms. The number of hydrogen-bond donors (Lipinski definition) is 1. The minimum Gasteiger partial charge on any atom is -0.497 e. The summed E-state index contributed by atoms with van der Waals surface area (Å²) in [6.45, 7) is 3.16. The van der Waals surface area contributed by atoms with Gasteiger partial charge in [-0.25, -0.2) is 4.79 Å². The van der Waals surface area contributed by atoms with E-state index in [1.807, 2.05) is 0 Å². The number of halogens is 4. The van der Waals surface area contributed by atoms with E-state index in [0.717, 1.165) is 6.07 Å². The first kappa shape index (κ1) is 27.8. The second-order valence-corrected chi connectivity index (χ2v) is 9.10. The zero-order valence-corrected chi connectivity index (χ0v) is 21.8. The molecule has 3 aromatic carbocycles. The van der Waals surface area contributed by atoms with Crippen LogP contribution in [0.15, 0.2) is 60.7 Å². The first-order valence-corrected chi connectivity index (χ1v) is 12.0. The van der Waals surface area contributed by atoms with Crippen LogP contribution in [0.25, 0.3) is 10.9 Å². The summed E-state index contributed by atoms with van der Waals surface area (Å²) in [7, 11) is 1.50. The molecule has 0 bridgehead atoms. The third-order valence-corrected chi connectivity index (χ3v) is 6.41. The number of carbonyl (C=O) groups is 2. The van der Waals surface area contributed by atoms with Crippen LogP contribution >= 0.6 is 11.6 Å². The van der Waals surface area contributed by atoms with Crippen LogP contribution in [0.4, 0.5) is 13.2 Å². The lowest BCUT2D eigenvalue weighted by atomic mass is 10.0. The van der Waals surface area contributed by atoms with Gasteiger partial charge < -0.3 is 23.9 Å². The Balaban J connectivity index is 1.82. The van der Waals surface area contributed by atoms with Crippen LogP contribution < -0.4 is 14.2 Å². The van der Waals surface area contributed by atoms with Crippen molar-refractivity contribution in [3.63, 3.8) is 0 Å². The lowest BCUT2D eigenvalue weighted by Gasteiger charge is -2.15. The van der Waals surface area contributed by atoms with Crippen molar-refractivity contribution < 1.29 is 42.1 Å². The molecule has 1 unspecified atom stereocenters. The third kappa shape index (κ3) is 6.12. The molecule has 0 aliphatic heterocycles. The molecule has 11 heteroatoms. The van der Waals surface area contributed by atoms with Crippen LogP contribution in [0.3, 0.4) is 0 Å². The van der Waals surface area contributed by atoms with Crippen molar-refractivity contribution in [1.29, 1.82) is 0 Å². The number of fused-ring (bicyclic) bond motifs is 1. The predicted octanol–water partition coefficient (Wildman–Crippen LogP) is 6.64. The number of nitrogens with zero attached hydrogens (tertiary/aromatic N) is 1. The summed E-state index contributed by atoms with van der Waals surface area (Å²) in [6, 6.07) is 15.1. The Morgan fingerprint density at radius 2 is 1.69 bits per heavy atom. The number of carbonyl (C=O) groups excluding carboxylic acids is 1. The summed E-state index contributed by atoms with van der Waals surface area (Å²) >= 11 is 6.19. The smallest absolute Gasteiger partial charge is 0.497 e. The highest BCUT2D eigenvalue weighted by Gasteiger charge is 2.32. The minimum absolute atomic E-state index is 0.114. The number of alkyl halides is 3. The molecule has 0 amide bonds. The molecule has 0 aliphatic rings. The highest BCUT2D eigenvalue weighted by molar-refractivity contribution is 6.32. The summed E-state index contributed by atoms with van der Waals surface area (Å²) < 4.78 is 55.3. The molecule has 0 fully saturated rings. The number of methoxy groups -OCH3 is 1. The van der Waals surface area contributed by atoms with Crippen LogP contribution in [-0.4, -0.2) is 41.0 Å².